The number of hydrogen-bond acceptors (Lipinski definition) is 5. The Morgan fingerprint density at radius 3 is 2.74 bits per heavy atom. The van der Waals surface area contributed by atoms with Gasteiger partial charge >= 0.3 is 0 Å². The molecule has 27 heavy (non-hydrogen) atoms. The molecule has 3 aromatic rings. The lowest BCUT2D eigenvalue weighted by molar-refractivity contribution is 0.0659. The van der Waals surface area contributed by atoms with E-state index in [0.29, 0.717) is 24.0 Å². The molecule has 0 radical (unpaired) electrons. The highest BCUT2D eigenvalue weighted by molar-refractivity contribution is 5.93. The minimum Gasteiger partial charge on any atom is -0.476 e. The number of nitrogens with zero attached hydrogens (tertiary/aromatic N) is 6. The van der Waals surface area contributed by atoms with Gasteiger partial charge in [-0.1, -0.05) is 0 Å². The van der Waals surface area contributed by atoms with Crippen molar-refractivity contribution in [2.45, 2.75) is 26.7 Å². The SMILES string of the molecule is Cc1nc2ccc(OCC3CCN(C(=O)c4cnn(C)c4)CC3)nn2c1C. The lowest BCUT2D eigenvalue weighted by Gasteiger charge is -2.31. The number of fused-ring (bicyclic) bond motifs is 1. The predicted molar refractivity (Wildman–Crippen MR) is 99.8 cm³/mol. The molecule has 1 saturated heterocycles. The van der Waals surface area contributed by atoms with Crippen molar-refractivity contribution in [1.82, 2.24) is 29.3 Å². The van der Waals surface area contributed by atoms with Crippen molar-refractivity contribution in [2.75, 3.05) is 19.7 Å². The Hall–Kier alpha value is -2.90. The van der Waals surface area contributed by atoms with E-state index in [1.807, 2.05) is 42.4 Å². The van der Waals surface area contributed by atoms with Crippen molar-refractivity contribution < 1.29 is 9.53 Å². The molecule has 0 atom stereocenters. The second-order valence-electron chi connectivity index (χ2n) is 7.17. The minimum atomic E-state index is 0.0561. The standard InChI is InChI=1S/C19H24N6O2/c1-13-14(2)25-17(21-13)4-5-18(22-25)27-12-15-6-8-24(9-7-15)19(26)16-10-20-23(3)11-16/h4-5,10-11,15H,6-9,12H2,1-3H3. The molecular weight excluding hydrogens is 344 g/mol. The van der Waals surface area contributed by atoms with Crippen LogP contribution in [0.4, 0.5) is 0 Å². The zero-order valence-corrected chi connectivity index (χ0v) is 15.9. The van der Waals surface area contributed by atoms with Gasteiger partial charge < -0.3 is 9.64 Å². The zero-order chi connectivity index (χ0) is 19.0. The van der Waals surface area contributed by atoms with Crippen LogP contribution < -0.4 is 4.74 Å². The van der Waals surface area contributed by atoms with E-state index in [0.717, 1.165) is 43.0 Å². The van der Waals surface area contributed by atoms with Crippen molar-refractivity contribution in [1.29, 1.82) is 0 Å². The van der Waals surface area contributed by atoms with E-state index in [4.69, 9.17) is 4.74 Å². The van der Waals surface area contributed by atoms with Crippen LogP contribution in [0.2, 0.25) is 0 Å². The molecule has 8 nitrogen and oxygen atoms in total. The van der Waals surface area contributed by atoms with E-state index in [-0.39, 0.29) is 5.91 Å². The fourth-order valence-corrected chi connectivity index (χ4v) is 3.43. The van der Waals surface area contributed by atoms with Crippen molar-refractivity contribution in [3.8, 4) is 5.88 Å². The molecule has 0 spiro atoms. The number of piperidine rings is 1. The van der Waals surface area contributed by atoms with Gasteiger partial charge in [-0.2, -0.15) is 5.10 Å². The third-order valence-corrected chi connectivity index (χ3v) is 5.23. The largest absolute Gasteiger partial charge is 0.476 e. The van der Waals surface area contributed by atoms with Crippen LogP contribution in [0.15, 0.2) is 24.5 Å². The molecule has 1 aliphatic heterocycles. The maximum Gasteiger partial charge on any atom is 0.257 e. The van der Waals surface area contributed by atoms with Crippen molar-refractivity contribution in [2.24, 2.45) is 13.0 Å². The second kappa shape index (κ2) is 7.02. The molecule has 8 heteroatoms. The molecule has 1 amide bonds. The van der Waals surface area contributed by atoms with E-state index in [2.05, 4.69) is 15.2 Å². The van der Waals surface area contributed by atoms with E-state index in [1.54, 1.807) is 17.1 Å². The van der Waals surface area contributed by atoms with Crippen molar-refractivity contribution >= 4 is 11.6 Å². The molecule has 4 rings (SSSR count). The first kappa shape index (κ1) is 17.5. The molecule has 4 heterocycles. The lowest BCUT2D eigenvalue weighted by atomic mass is 9.97. The normalized spacial score (nSPS) is 15.4. The number of rotatable bonds is 4. The Balaban J connectivity index is 1.32. The summed E-state index contributed by atoms with van der Waals surface area (Å²) in [5.74, 6) is 1.09. The van der Waals surface area contributed by atoms with Gasteiger partial charge in [0, 0.05) is 32.4 Å². The van der Waals surface area contributed by atoms with E-state index in [9.17, 15) is 4.79 Å². The molecule has 142 valence electrons. The molecule has 0 N–H and O–H groups in total. The van der Waals surface area contributed by atoms with Gasteiger partial charge in [0.1, 0.15) is 0 Å². The molecule has 0 unspecified atom stereocenters. The number of likely N-dealkylation sites (tertiary alicyclic amines) is 1. The Labute approximate surface area is 157 Å². The highest BCUT2D eigenvalue weighted by Crippen LogP contribution is 2.21. The molecule has 0 aliphatic carbocycles. The minimum absolute atomic E-state index is 0.0561. The highest BCUT2D eigenvalue weighted by atomic mass is 16.5. The van der Waals surface area contributed by atoms with Crippen LogP contribution >= 0.6 is 0 Å². The highest BCUT2D eigenvalue weighted by Gasteiger charge is 2.25. The Bertz CT molecular complexity index is 968. The quantitative estimate of drug-likeness (QED) is 0.704. The van der Waals surface area contributed by atoms with Gasteiger partial charge in [-0.3, -0.25) is 9.48 Å². The van der Waals surface area contributed by atoms with E-state index in [1.165, 1.54) is 0 Å². The molecule has 1 fully saturated rings. The molecule has 3 aromatic heterocycles. The van der Waals surface area contributed by atoms with E-state index >= 15 is 0 Å². The van der Waals surface area contributed by atoms with Crippen LogP contribution in [0.5, 0.6) is 5.88 Å². The van der Waals surface area contributed by atoms with Gasteiger partial charge in [0.25, 0.3) is 5.91 Å². The molecular formula is C19H24N6O2. The smallest absolute Gasteiger partial charge is 0.257 e. The number of carbonyl (C=O) groups excluding carboxylic acids is 1. The molecule has 0 aromatic carbocycles. The Morgan fingerprint density at radius 2 is 2.04 bits per heavy atom. The monoisotopic (exact) mass is 368 g/mol. The zero-order valence-electron chi connectivity index (χ0n) is 15.9. The van der Waals surface area contributed by atoms with Gasteiger partial charge in [-0.15, -0.1) is 5.10 Å². The number of amides is 1. The summed E-state index contributed by atoms with van der Waals surface area (Å²) in [6, 6.07) is 3.79. The van der Waals surface area contributed by atoms with Crippen LogP contribution in [0.25, 0.3) is 5.65 Å². The van der Waals surface area contributed by atoms with Crippen LogP contribution in [-0.4, -0.2) is 54.9 Å². The summed E-state index contributed by atoms with van der Waals surface area (Å²) in [4.78, 5) is 18.8. The third kappa shape index (κ3) is 3.51. The number of ether oxygens (including phenoxy) is 1. The van der Waals surface area contributed by atoms with Gasteiger partial charge in [-0.05, 0) is 38.7 Å². The number of carbonyl (C=O) groups is 1. The van der Waals surface area contributed by atoms with Crippen LogP contribution in [-0.2, 0) is 7.05 Å². The van der Waals surface area contributed by atoms with E-state index < -0.39 is 0 Å². The number of imidazole rings is 1. The Morgan fingerprint density at radius 1 is 1.26 bits per heavy atom. The van der Waals surface area contributed by atoms with Crippen LogP contribution in [0.3, 0.4) is 0 Å². The third-order valence-electron chi connectivity index (χ3n) is 5.23. The first-order valence-electron chi connectivity index (χ1n) is 9.25. The first-order chi connectivity index (χ1) is 13.0. The summed E-state index contributed by atoms with van der Waals surface area (Å²) in [7, 11) is 1.82. The maximum atomic E-state index is 12.5. The number of aromatic nitrogens is 5. The topological polar surface area (TPSA) is 77.5 Å². The van der Waals surface area contributed by atoms with Gasteiger partial charge in [0.2, 0.25) is 5.88 Å². The maximum absolute atomic E-state index is 12.5. The average Bonchev–Trinajstić information content (AvgIpc) is 3.23. The van der Waals surface area contributed by atoms with Crippen LogP contribution in [0.1, 0.15) is 34.6 Å². The summed E-state index contributed by atoms with van der Waals surface area (Å²) in [5, 5.41) is 8.60. The second-order valence-corrected chi connectivity index (χ2v) is 7.17. The summed E-state index contributed by atoms with van der Waals surface area (Å²) in [6.45, 7) is 6.08. The van der Waals surface area contributed by atoms with Crippen molar-refractivity contribution in [3.05, 3.63) is 41.5 Å². The van der Waals surface area contributed by atoms with Gasteiger partial charge in [-0.25, -0.2) is 9.50 Å². The summed E-state index contributed by atoms with van der Waals surface area (Å²) in [6.07, 6.45) is 5.24. The fraction of sp³-hybridized carbons (Fsp3) is 0.474. The Kier molecular flexibility index (Phi) is 4.55. The average molecular weight is 368 g/mol. The predicted octanol–water partition coefficient (Wildman–Crippen LogP) is 2.01. The number of hydrogen-bond donors (Lipinski definition) is 0. The molecule has 0 bridgehead atoms. The fourth-order valence-electron chi connectivity index (χ4n) is 3.43. The lowest BCUT2D eigenvalue weighted by Crippen LogP contribution is -2.39. The van der Waals surface area contributed by atoms with Gasteiger partial charge in [0.05, 0.1) is 29.8 Å². The van der Waals surface area contributed by atoms with Crippen LogP contribution in [0, 0.1) is 19.8 Å². The molecule has 1 aliphatic rings. The summed E-state index contributed by atoms with van der Waals surface area (Å²) >= 11 is 0. The van der Waals surface area contributed by atoms with Gasteiger partial charge in [0.15, 0.2) is 5.65 Å². The van der Waals surface area contributed by atoms with Crippen molar-refractivity contribution in [3.63, 3.8) is 0 Å². The summed E-state index contributed by atoms with van der Waals surface area (Å²) < 4.78 is 9.40. The number of aryl methyl sites for hydroxylation is 3. The molecule has 0 saturated carbocycles. The summed E-state index contributed by atoms with van der Waals surface area (Å²) in [5.41, 5.74) is 3.48. The first-order valence-corrected chi connectivity index (χ1v) is 9.25.